The lowest BCUT2D eigenvalue weighted by Crippen LogP contribution is -2.19. The van der Waals surface area contributed by atoms with Crippen molar-refractivity contribution in [2.75, 3.05) is 0 Å². The molecule has 1 N–H and O–H groups in total. The van der Waals surface area contributed by atoms with Crippen LogP contribution in [-0.4, -0.2) is 23.1 Å². The molecule has 0 fully saturated rings. The average molecular weight is 595 g/mol. The highest BCUT2D eigenvalue weighted by Crippen LogP contribution is 2.18. The molecule has 0 aromatic carbocycles. The van der Waals surface area contributed by atoms with Crippen molar-refractivity contribution in [2.45, 2.75) is 232 Å². The van der Waals surface area contributed by atoms with Crippen LogP contribution in [0.5, 0.6) is 0 Å². The third-order valence-corrected chi connectivity index (χ3v) is 8.84. The van der Waals surface area contributed by atoms with E-state index in [0.29, 0.717) is 12.8 Å². The van der Waals surface area contributed by atoms with Crippen LogP contribution < -0.4 is 0 Å². The lowest BCUT2D eigenvalue weighted by atomic mass is 10.0. The lowest BCUT2D eigenvalue weighted by Gasteiger charge is -2.17. The molecule has 0 saturated heterocycles. The summed E-state index contributed by atoms with van der Waals surface area (Å²) in [6, 6.07) is 0. The van der Waals surface area contributed by atoms with E-state index in [-0.39, 0.29) is 18.5 Å². The fourth-order valence-electron chi connectivity index (χ4n) is 6.00. The fraction of sp³-hybridized carbons (Fsp3) is 0.947. The number of unbranched alkanes of at least 4 members (excludes halogenated alkanes) is 27. The molecule has 0 aliphatic carbocycles. The lowest BCUT2D eigenvalue weighted by molar-refractivity contribution is -0.151. The Morgan fingerprint density at radius 3 is 1.07 bits per heavy atom. The topological polar surface area (TPSA) is 63.6 Å². The van der Waals surface area contributed by atoms with Gasteiger partial charge in [-0.25, -0.2) is 0 Å². The molecule has 0 spiro atoms. The van der Waals surface area contributed by atoms with E-state index in [1.54, 1.807) is 0 Å². The number of carbonyl (C=O) groups excluding carboxylic acids is 1. The Morgan fingerprint density at radius 2 is 0.738 bits per heavy atom. The minimum Gasteiger partial charge on any atom is -0.481 e. The van der Waals surface area contributed by atoms with E-state index in [1.807, 2.05) is 0 Å². The van der Waals surface area contributed by atoms with Crippen molar-refractivity contribution in [1.82, 2.24) is 0 Å². The number of rotatable bonds is 35. The van der Waals surface area contributed by atoms with Crippen LogP contribution >= 0.6 is 0 Å². The Bertz CT molecular complexity index is 561. The van der Waals surface area contributed by atoms with Crippen LogP contribution in [0.3, 0.4) is 0 Å². The van der Waals surface area contributed by atoms with Crippen molar-refractivity contribution < 1.29 is 19.4 Å². The molecular formula is C38H74O4. The van der Waals surface area contributed by atoms with Gasteiger partial charge in [-0.3, -0.25) is 9.59 Å². The molecule has 0 amide bonds. The fourth-order valence-corrected chi connectivity index (χ4v) is 6.00. The second-order valence-electron chi connectivity index (χ2n) is 13.1. The van der Waals surface area contributed by atoms with E-state index < -0.39 is 5.97 Å². The van der Waals surface area contributed by atoms with Crippen LogP contribution in [-0.2, 0) is 14.3 Å². The number of esters is 1. The van der Waals surface area contributed by atoms with Gasteiger partial charge in [-0.05, 0) is 25.7 Å². The Kier molecular flexibility index (Phi) is 33.6. The van der Waals surface area contributed by atoms with Crippen molar-refractivity contribution in [1.29, 1.82) is 0 Å². The number of hydrogen-bond acceptors (Lipinski definition) is 3. The van der Waals surface area contributed by atoms with E-state index >= 15 is 0 Å². The number of carboxylic acids is 1. The summed E-state index contributed by atoms with van der Waals surface area (Å²) in [6.07, 6.45) is 39.8. The van der Waals surface area contributed by atoms with Gasteiger partial charge in [0.1, 0.15) is 6.10 Å². The Balaban J connectivity index is 3.62. The predicted octanol–water partition coefficient (Wildman–Crippen LogP) is 12.9. The van der Waals surface area contributed by atoms with Crippen molar-refractivity contribution in [3.8, 4) is 0 Å². The van der Waals surface area contributed by atoms with Crippen LogP contribution in [0.4, 0.5) is 0 Å². The Labute approximate surface area is 262 Å². The van der Waals surface area contributed by atoms with Gasteiger partial charge in [0.15, 0.2) is 0 Å². The number of hydrogen-bond donors (Lipinski definition) is 1. The summed E-state index contributed by atoms with van der Waals surface area (Å²) in [4.78, 5) is 23.4. The molecule has 1 unspecified atom stereocenters. The van der Waals surface area contributed by atoms with E-state index in [1.165, 1.54) is 161 Å². The third kappa shape index (κ3) is 33.4. The van der Waals surface area contributed by atoms with Crippen LogP contribution in [0, 0.1) is 0 Å². The first kappa shape index (κ1) is 40.9. The molecule has 0 bridgehead atoms. The van der Waals surface area contributed by atoms with Crippen molar-refractivity contribution in [2.24, 2.45) is 0 Å². The molecule has 1 atom stereocenters. The summed E-state index contributed by atoms with van der Waals surface area (Å²) in [5, 5.41) is 9.08. The van der Waals surface area contributed by atoms with Gasteiger partial charge in [-0.2, -0.15) is 0 Å². The van der Waals surface area contributed by atoms with E-state index in [2.05, 4.69) is 13.8 Å². The van der Waals surface area contributed by atoms with Crippen LogP contribution in [0.1, 0.15) is 226 Å². The minimum absolute atomic E-state index is 0.0783. The standard InChI is InChI=1S/C38H74O4/c1-3-5-7-9-11-13-15-16-17-18-19-20-21-22-23-25-27-29-31-33-38(41)42-36(34-35-37(39)40)32-30-28-26-24-14-12-10-8-6-4-2/h36H,3-35H2,1-2H3,(H,39,40). The van der Waals surface area contributed by atoms with Crippen molar-refractivity contribution in [3.05, 3.63) is 0 Å². The summed E-state index contributed by atoms with van der Waals surface area (Å²) in [5.74, 6) is -0.942. The summed E-state index contributed by atoms with van der Waals surface area (Å²) < 4.78 is 5.72. The molecule has 0 saturated carbocycles. The Morgan fingerprint density at radius 1 is 0.429 bits per heavy atom. The maximum absolute atomic E-state index is 12.4. The zero-order valence-electron chi connectivity index (χ0n) is 28.6. The normalized spacial score (nSPS) is 12.0. The summed E-state index contributed by atoms with van der Waals surface area (Å²) >= 11 is 0. The van der Waals surface area contributed by atoms with Crippen LogP contribution in [0.25, 0.3) is 0 Å². The maximum atomic E-state index is 12.4. The van der Waals surface area contributed by atoms with E-state index in [4.69, 9.17) is 9.84 Å². The largest absolute Gasteiger partial charge is 0.481 e. The summed E-state index contributed by atoms with van der Waals surface area (Å²) in [5.41, 5.74) is 0. The number of aliphatic carboxylic acids is 1. The second-order valence-corrected chi connectivity index (χ2v) is 13.1. The smallest absolute Gasteiger partial charge is 0.306 e. The molecule has 4 heteroatoms. The second kappa shape index (κ2) is 34.4. The molecule has 0 heterocycles. The van der Waals surface area contributed by atoms with Crippen molar-refractivity contribution >= 4 is 11.9 Å². The van der Waals surface area contributed by atoms with Gasteiger partial charge >= 0.3 is 11.9 Å². The molecule has 0 aliphatic rings. The van der Waals surface area contributed by atoms with E-state index in [9.17, 15) is 9.59 Å². The average Bonchev–Trinajstić information content (AvgIpc) is 2.97. The summed E-state index contributed by atoms with van der Waals surface area (Å²) in [7, 11) is 0. The van der Waals surface area contributed by atoms with E-state index in [0.717, 1.165) is 32.1 Å². The zero-order chi connectivity index (χ0) is 30.8. The van der Waals surface area contributed by atoms with Gasteiger partial charge in [-0.1, -0.05) is 187 Å². The van der Waals surface area contributed by atoms with Crippen molar-refractivity contribution in [3.63, 3.8) is 0 Å². The highest BCUT2D eigenvalue weighted by atomic mass is 16.5. The molecule has 250 valence electrons. The SMILES string of the molecule is CCCCCCCCCCCCCCCCCCCCCC(=O)OC(CCCCCCCCCCCC)CCC(=O)O. The predicted molar refractivity (Wildman–Crippen MR) is 181 cm³/mol. The number of carbonyl (C=O) groups is 2. The van der Waals surface area contributed by atoms with Gasteiger partial charge in [0.25, 0.3) is 0 Å². The van der Waals surface area contributed by atoms with Gasteiger partial charge in [0.2, 0.25) is 0 Å². The first-order valence-electron chi connectivity index (χ1n) is 19.0. The third-order valence-electron chi connectivity index (χ3n) is 8.84. The molecule has 0 rings (SSSR count). The molecule has 0 radical (unpaired) electrons. The summed E-state index contributed by atoms with van der Waals surface area (Å²) in [6.45, 7) is 4.54. The van der Waals surface area contributed by atoms with Gasteiger partial charge < -0.3 is 9.84 Å². The molecule has 0 aliphatic heterocycles. The zero-order valence-corrected chi connectivity index (χ0v) is 28.6. The number of carboxylic acid groups (broad SMARTS) is 1. The van der Waals surface area contributed by atoms with Crippen LogP contribution in [0.15, 0.2) is 0 Å². The molecular weight excluding hydrogens is 520 g/mol. The highest BCUT2D eigenvalue weighted by Gasteiger charge is 2.16. The maximum Gasteiger partial charge on any atom is 0.306 e. The minimum atomic E-state index is -0.807. The van der Waals surface area contributed by atoms with Gasteiger partial charge in [0, 0.05) is 12.8 Å². The van der Waals surface area contributed by atoms with Gasteiger partial charge in [0.05, 0.1) is 0 Å². The Hall–Kier alpha value is -1.06. The quantitative estimate of drug-likeness (QED) is 0.0585. The number of ether oxygens (including phenoxy) is 1. The monoisotopic (exact) mass is 595 g/mol. The molecule has 42 heavy (non-hydrogen) atoms. The van der Waals surface area contributed by atoms with Crippen LogP contribution in [0.2, 0.25) is 0 Å². The first-order chi connectivity index (χ1) is 20.6. The molecule has 4 nitrogen and oxygen atoms in total. The molecule has 0 aromatic heterocycles. The molecule has 0 aromatic rings. The van der Waals surface area contributed by atoms with Gasteiger partial charge in [-0.15, -0.1) is 0 Å². The highest BCUT2D eigenvalue weighted by molar-refractivity contribution is 5.69. The first-order valence-corrected chi connectivity index (χ1v) is 19.0.